The summed E-state index contributed by atoms with van der Waals surface area (Å²) in [6.07, 6.45) is 7.39. The van der Waals surface area contributed by atoms with Crippen LogP contribution < -0.4 is 4.90 Å². The van der Waals surface area contributed by atoms with E-state index >= 15 is 0 Å². The normalized spacial score (nSPS) is 14.2. The summed E-state index contributed by atoms with van der Waals surface area (Å²) in [6, 6.07) is 16.3. The highest BCUT2D eigenvalue weighted by Gasteiger charge is 2.40. The van der Waals surface area contributed by atoms with Gasteiger partial charge in [-0.2, -0.15) is 0 Å². The van der Waals surface area contributed by atoms with Crippen molar-refractivity contribution in [3.05, 3.63) is 53.6 Å². The second-order valence-electron chi connectivity index (χ2n) is 7.76. The fraction of sp³-hybridized carbons (Fsp3) is 0.520. The zero-order valence-electron chi connectivity index (χ0n) is 17.1. The Hall–Kier alpha value is -1.76. The van der Waals surface area contributed by atoms with Gasteiger partial charge in [-0.25, -0.2) is 0 Å². The predicted molar refractivity (Wildman–Crippen MR) is 115 cm³/mol. The Morgan fingerprint density at radius 2 is 1.35 bits per heavy atom. The predicted octanol–water partition coefficient (Wildman–Crippen LogP) is 7.18. The molecular formula is C25H35N. The molecule has 0 bridgehead atoms. The molecule has 0 atom stereocenters. The summed E-state index contributed by atoms with van der Waals surface area (Å²) in [5.74, 6) is 0. The summed E-state index contributed by atoms with van der Waals surface area (Å²) in [6.45, 7) is 11.6. The van der Waals surface area contributed by atoms with Gasteiger partial charge in [-0.1, -0.05) is 70.9 Å². The van der Waals surface area contributed by atoms with E-state index < -0.39 is 0 Å². The van der Waals surface area contributed by atoms with Crippen LogP contribution in [-0.4, -0.2) is 13.1 Å². The summed E-state index contributed by atoms with van der Waals surface area (Å²) in [7, 11) is 0. The fourth-order valence-corrected chi connectivity index (χ4v) is 4.72. The van der Waals surface area contributed by atoms with Crippen LogP contribution >= 0.6 is 0 Å². The number of unbranched alkanes of at least 4 members (excludes halogenated alkanes) is 2. The number of hydrogen-bond donors (Lipinski definition) is 0. The molecule has 0 aromatic heterocycles. The Morgan fingerprint density at radius 3 is 1.96 bits per heavy atom. The van der Waals surface area contributed by atoms with Gasteiger partial charge in [0.1, 0.15) is 0 Å². The molecule has 2 aromatic carbocycles. The molecule has 140 valence electrons. The molecule has 1 nitrogen and oxygen atoms in total. The van der Waals surface area contributed by atoms with Crippen LogP contribution in [0.1, 0.15) is 77.3 Å². The first kappa shape index (κ1) is 19.0. The van der Waals surface area contributed by atoms with E-state index in [2.05, 4.69) is 75.1 Å². The zero-order valence-corrected chi connectivity index (χ0v) is 17.1. The maximum absolute atomic E-state index is 2.62. The number of anilines is 1. The Bertz CT molecular complexity index is 719. The SMILES string of the molecule is CCCCN(CCCC)c1ccc2c(c1)C(CC)(CC)c1ccccc1-2. The van der Waals surface area contributed by atoms with Gasteiger partial charge in [0.2, 0.25) is 0 Å². The van der Waals surface area contributed by atoms with Crippen molar-refractivity contribution in [2.45, 2.75) is 71.6 Å². The first-order valence-electron chi connectivity index (χ1n) is 10.7. The van der Waals surface area contributed by atoms with E-state index in [1.54, 1.807) is 5.56 Å². The van der Waals surface area contributed by atoms with Crippen molar-refractivity contribution in [3.8, 4) is 11.1 Å². The van der Waals surface area contributed by atoms with Crippen LogP contribution in [0.3, 0.4) is 0 Å². The van der Waals surface area contributed by atoms with Crippen molar-refractivity contribution in [2.24, 2.45) is 0 Å². The molecule has 26 heavy (non-hydrogen) atoms. The van der Waals surface area contributed by atoms with Crippen LogP contribution in [0.2, 0.25) is 0 Å². The molecule has 0 amide bonds. The fourth-order valence-electron chi connectivity index (χ4n) is 4.72. The van der Waals surface area contributed by atoms with E-state index in [0.717, 1.165) is 0 Å². The van der Waals surface area contributed by atoms with E-state index in [0.29, 0.717) is 0 Å². The summed E-state index contributed by atoms with van der Waals surface area (Å²) < 4.78 is 0. The zero-order chi connectivity index (χ0) is 18.6. The smallest absolute Gasteiger partial charge is 0.0369 e. The lowest BCUT2D eigenvalue weighted by Gasteiger charge is -2.31. The molecule has 3 rings (SSSR count). The van der Waals surface area contributed by atoms with Crippen molar-refractivity contribution in [1.29, 1.82) is 0 Å². The highest BCUT2D eigenvalue weighted by Crippen LogP contribution is 2.53. The maximum atomic E-state index is 2.62. The van der Waals surface area contributed by atoms with Crippen molar-refractivity contribution in [2.75, 3.05) is 18.0 Å². The molecule has 0 fully saturated rings. The molecule has 1 aliphatic carbocycles. The molecule has 0 saturated heterocycles. The van der Waals surface area contributed by atoms with E-state index in [1.165, 1.54) is 74.0 Å². The summed E-state index contributed by atoms with van der Waals surface area (Å²) >= 11 is 0. The molecule has 0 N–H and O–H groups in total. The maximum Gasteiger partial charge on any atom is 0.0369 e. The highest BCUT2D eigenvalue weighted by molar-refractivity contribution is 5.82. The van der Waals surface area contributed by atoms with Crippen molar-refractivity contribution < 1.29 is 0 Å². The Balaban J connectivity index is 2.05. The minimum absolute atomic E-state index is 0.184. The first-order chi connectivity index (χ1) is 12.7. The molecule has 0 aliphatic heterocycles. The number of hydrogen-bond acceptors (Lipinski definition) is 1. The van der Waals surface area contributed by atoms with Gasteiger partial charge in [-0.05, 0) is 60.1 Å². The van der Waals surface area contributed by atoms with Crippen molar-refractivity contribution >= 4 is 5.69 Å². The molecule has 1 heteroatoms. The molecule has 2 aromatic rings. The number of rotatable bonds is 9. The van der Waals surface area contributed by atoms with E-state index in [1.807, 2.05) is 0 Å². The van der Waals surface area contributed by atoms with Gasteiger partial charge in [0.15, 0.2) is 0 Å². The second kappa shape index (κ2) is 8.29. The quantitative estimate of drug-likeness (QED) is 0.463. The lowest BCUT2D eigenvalue weighted by molar-refractivity contribution is 0.490. The summed E-state index contributed by atoms with van der Waals surface area (Å²) in [4.78, 5) is 2.62. The van der Waals surface area contributed by atoms with Crippen LogP contribution in [0.15, 0.2) is 42.5 Å². The molecular weight excluding hydrogens is 314 g/mol. The van der Waals surface area contributed by atoms with E-state index in [-0.39, 0.29) is 5.41 Å². The number of fused-ring (bicyclic) bond motifs is 3. The highest BCUT2D eigenvalue weighted by atomic mass is 15.1. The average molecular weight is 350 g/mol. The third-order valence-corrected chi connectivity index (χ3v) is 6.39. The third kappa shape index (κ3) is 3.17. The van der Waals surface area contributed by atoms with Crippen LogP contribution in [0.5, 0.6) is 0 Å². The molecule has 1 aliphatic rings. The minimum atomic E-state index is 0.184. The summed E-state index contributed by atoms with van der Waals surface area (Å²) in [5.41, 5.74) is 7.60. The van der Waals surface area contributed by atoms with E-state index in [9.17, 15) is 0 Å². The monoisotopic (exact) mass is 349 g/mol. The molecule has 0 heterocycles. The van der Waals surface area contributed by atoms with Gasteiger partial charge in [0, 0.05) is 24.2 Å². The van der Waals surface area contributed by atoms with Crippen LogP contribution in [0.4, 0.5) is 5.69 Å². The largest absolute Gasteiger partial charge is 0.372 e. The number of benzene rings is 2. The van der Waals surface area contributed by atoms with Gasteiger partial charge in [0.25, 0.3) is 0 Å². The lowest BCUT2D eigenvalue weighted by atomic mass is 9.74. The van der Waals surface area contributed by atoms with E-state index in [4.69, 9.17) is 0 Å². The first-order valence-corrected chi connectivity index (χ1v) is 10.7. The molecule has 0 radical (unpaired) electrons. The third-order valence-electron chi connectivity index (χ3n) is 6.39. The second-order valence-corrected chi connectivity index (χ2v) is 7.76. The summed E-state index contributed by atoms with van der Waals surface area (Å²) in [5, 5.41) is 0. The average Bonchev–Trinajstić information content (AvgIpc) is 2.98. The Kier molecular flexibility index (Phi) is 6.06. The van der Waals surface area contributed by atoms with Gasteiger partial charge >= 0.3 is 0 Å². The lowest BCUT2D eigenvalue weighted by Crippen LogP contribution is -2.27. The van der Waals surface area contributed by atoms with Gasteiger partial charge in [-0.3, -0.25) is 0 Å². The van der Waals surface area contributed by atoms with Gasteiger partial charge in [-0.15, -0.1) is 0 Å². The minimum Gasteiger partial charge on any atom is -0.372 e. The van der Waals surface area contributed by atoms with Gasteiger partial charge in [0.05, 0.1) is 0 Å². The van der Waals surface area contributed by atoms with Crippen LogP contribution in [0, 0.1) is 0 Å². The molecule has 0 spiro atoms. The molecule has 0 saturated carbocycles. The van der Waals surface area contributed by atoms with Crippen molar-refractivity contribution in [1.82, 2.24) is 0 Å². The number of nitrogens with zero attached hydrogens (tertiary/aromatic N) is 1. The topological polar surface area (TPSA) is 3.24 Å². The van der Waals surface area contributed by atoms with Crippen LogP contribution in [-0.2, 0) is 5.41 Å². The van der Waals surface area contributed by atoms with Gasteiger partial charge < -0.3 is 4.90 Å². The standard InChI is InChI=1S/C25H35N/c1-5-9-17-26(18-10-6-2)20-15-16-22-21-13-11-12-14-23(21)25(7-3,8-4)24(22)19-20/h11-16,19H,5-10,17-18H2,1-4H3. The van der Waals surface area contributed by atoms with Crippen molar-refractivity contribution in [3.63, 3.8) is 0 Å². The van der Waals surface area contributed by atoms with Crippen LogP contribution in [0.25, 0.3) is 11.1 Å². The Labute approximate surface area is 160 Å². The molecule has 0 unspecified atom stereocenters. The Morgan fingerprint density at radius 1 is 0.731 bits per heavy atom.